The van der Waals surface area contributed by atoms with Crippen molar-refractivity contribution < 1.29 is 0 Å². The van der Waals surface area contributed by atoms with Crippen LogP contribution in [0.3, 0.4) is 0 Å². The van der Waals surface area contributed by atoms with Crippen molar-refractivity contribution in [2.24, 2.45) is 23.7 Å². The van der Waals surface area contributed by atoms with E-state index in [0.717, 1.165) is 5.57 Å². The molecule has 1 nitrogen and oxygen atoms in total. The molecule has 0 amide bonds. The summed E-state index contributed by atoms with van der Waals surface area (Å²) in [5, 5.41) is 8.97. The van der Waals surface area contributed by atoms with Gasteiger partial charge in [0.1, 0.15) is 0 Å². The van der Waals surface area contributed by atoms with Gasteiger partial charge >= 0.3 is 0 Å². The maximum atomic E-state index is 8.97. The Labute approximate surface area is 99.2 Å². The molecule has 0 N–H and O–H groups in total. The highest BCUT2D eigenvalue weighted by Crippen LogP contribution is 2.25. The first kappa shape index (κ1) is 12.8. The van der Waals surface area contributed by atoms with Crippen LogP contribution in [0.2, 0.25) is 0 Å². The molecule has 0 aromatic carbocycles. The molecule has 0 heterocycles. The highest BCUT2D eigenvalue weighted by atomic mass is 14.3. The fourth-order valence-corrected chi connectivity index (χ4v) is 1.85. The van der Waals surface area contributed by atoms with Crippen molar-refractivity contribution in [1.82, 2.24) is 0 Å². The first-order valence-corrected chi connectivity index (χ1v) is 6.03. The fraction of sp³-hybridized carbons (Fsp3) is 0.533. The predicted octanol–water partition coefficient (Wildman–Crippen LogP) is 4.11. The average Bonchev–Trinajstić information content (AvgIpc) is 2.23. The lowest BCUT2D eigenvalue weighted by Crippen LogP contribution is -2.14. The van der Waals surface area contributed by atoms with Crippen LogP contribution in [0.1, 0.15) is 27.7 Å². The van der Waals surface area contributed by atoms with E-state index in [1.165, 1.54) is 0 Å². The van der Waals surface area contributed by atoms with E-state index in [1.807, 2.05) is 12.2 Å². The number of hydrogen-bond acceptors (Lipinski definition) is 1. The zero-order chi connectivity index (χ0) is 12.1. The molecule has 0 saturated heterocycles. The predicted molar refractivity (Wildman–Crippen MR) is 68.6 cm³/mol. The van der Waals surface area contributed by atoms with Crippen molar-refractivity contribution in [3.8, 4) is 6.07 Å². The third-order valence-electron chi connectivity index (χ3n) is 3.37. The smallest absolute Gasteiger partial charge is 0.0988 e. The Morgan fingerprint density at radius 1 is 1.19 bits per heavy atom. The van der Waals surface area contributed by atoms with Crippen LogP contribution in [0, 0.1) is 35.0 Å². The zero-order valence-electron chi connectivity index (χ0n) is 10.6. The van der Waals surface area contributed by atoms with Gasteiger partial charge in [-0.3, -0.25) is 0 Å². The summed E-state index contributed by atoms with van der Waals surface area (Å²) in [6, 6.07) is 2.23. The highest BCUT2D eigenvalue weighted by molar-refractivity contribution is 5.36. The van der Waals surface area contributed by atoms with Gasteiger partial charge in [-0.25, -0.2) is 0 Å². The lowest BCUT2D eigenvalue weighted by Gasteiger charge is -2.22. The molecule has 16 heavy (non-hydrogen) atoms. The van der Waals surface area contributed by atoms with Crippen molar-refractivity contribution in [3.63, 3.8) is 0 Å². The maximum Gasteiger partial charge on any atom is 0.0988 e. The number of allylic oxidation sites excluding steroid dienone is 6. The minimum atomic E-state index is 0.349. The van der Waals surface area contributed by atoms with Crippen molar-refractivity contribution in [3.05, 3.63) is 36.0 Å². The normalized spacial score (nSPS) is 32.1. The quantitative estimate of drug-likeness (QED) is 0.636. The van der Waals surface area contributed by atoms with Gasteiger partial charge in [-0.1, -0.05) is 52.0 Å². The Kier molecular flexibility index (Phi) is 4.55. The fourth-order valence-electron chi connectivity index (χ4n) is 1.85. The minimum absolute atomic E-state index is 0.349. The van der Waals surface area contributed by atoms with Crippen molar-refractivity contribution in [2.75, 3.05) is 0 Å². The molecule has 0 saturated carbocycles. The lowest BCUT2D eigenvalue weighted by atomic mass is 9.83. The molecule has 3 atom stereocenters. The number of nitriles is 1. The highest BCUT2D eigenvalue weighted by Gasteiger charge is 2.16. The SMILES string of the molecule is CC1C=CC([C@@H](C)C(C)C)/C=C\C(C#N)=C/1. The van der Waals surface area contributed by atoms with Gasteiger partial charge in [0.05, 0.1) is 6.07 Å². The molecule has 1 aliphatic rings. The summed E-state index contributed by atoms with van der Waals surface area (Å²) < 4.78 is 0. The van der Waals surface area contributed by atoms with Gasteiger partial charge in [-0.15, -0.1) is 0 Å². The molecule has 1 rings (SSSR count). The third-order valence-corrected chi connectivity index (χ3v) is 3.37. The Hall–Kier alpha value is -1.29. The summed E-state index contributed by atoms with van der Waals surface area (Å²) in [6.07, 6.45) is 10.6. The van der Waals surface area contributed by atoms with Crippen LogP contribution in [-0.4, -0.2) is 0 Å². The zero-order valence-corrected chi connectivity index (χ0v) is 10.6. The van der Waals surface area contributed by atoms with E-state index in [1.54, 1.807) is 0 Å². The topological polar surface area (TPSA) is 23.8 Å². The van der Waals surface area contributed by atoms with E-state index >= 15 is 0 Å². The molecule has 0 bridgehead atoms. The molecule has 86 valence electrons. The van der Waals surface area contributed by atoms with Gasteiger partial charge in [-0.2, -0.15) is 5.26 Å². The molecule has 0 spiro atoms. The van der Waals surface area contributed by atoms with E-state index < -0.39 is 0 Å². The Morgan fingerprint density at radius 3 is 2.44 bits per heavy atom. The van der Waals surface area contributed by atoms with Crippen molar-refractivity contribution in [1.29, 1.82) is 5.26 Å². The van der Waals surface area contributed by atoms with Crippen molar-refractivity contribution in [2.45, 2.75) is 27.7 Å². The second-order valence-corrected chi connectivity index (χ2v) is 5.02. The summed E-state index contributed by atoms with van der Waals surface area (Å²) in [5.41, 5.74) is 0.776. The molecule has 2 unspecified atom stereocenters. The summed E-state index contributed by atoms with van der Waals surface area (Å²) in [7, 11) is 0. The minimum Gasteiger partial charge on any atom is -0.192 e. The van der Waals surface area contributed by atoms with Crippen LogP contribution in [0.4, 0.5) is 0 Å². The van der Waals surface area contributed by atoms with E-state index in [-0.39, 0.29) is 0 Å². The van der Waals surface area contributed by atoms with Crippen molar-refractivity contribution >= 4 is 0 Å². The largest absolute Gasteiger partial charge is 0.192 e. The first-order valence-electron chi connectivity index (χ1n) is 6.03. The Balaban J connectivity index is 2.92. The van der Waals surface area contributed by atoms with E-state index in [0.29, 0.717) is 23.7 Å². The molecular weight excluding hydrogens is 194 g/mol. The number of hydrogen-bond donors (Lipinski definition) is 0. The number of nitrogens with zero attached hydrogens (tertiary/aromatic N) is 1. The maximum absolute atomic E-state index is 8.97. The third kappa shape index (κ3) is 3.38. The average molecular weight is 215 g/mol. The first-order chi connectivity index (χ1) is 7.54. The second kappa shape index (κ2) is 5.70. The van der Waals surface area contributed by atoms with Gasteiger partial charge in [0.2, 0.25) is 0 Å². The molecule has 0 aromatic heterocycles. The number of rotatable bonds is 2. The van der Waals surface area contributed by atoms with Gasteiger partial charge in [-0.05, 0) is 29.7 Å². The van der Waals surface area contributed by atoms with Gasteiger partial charge in [0.15, 0.2) is 0 Å². The van der Waals surface area contributed by atoms with Crippen LogP contribution in [0.25, 0.3) is 0 Å². The summed E-state index contributed by atoms with van der Waals surface area (Å²) in [6.45, 7) is 8.88. The van der Waals surface area contributed by atoms with Crippen LogP contribution in [0.15, 0.2) is 36.0 Å². The van der Waals surface area contributed by atoms with Gasteiger partial charge in [0, 0.05) is 5.57 Å². The van der Waals surface area contributed by atoms with Gasteiger partial charge < -0.3 is 0 Å². The van der Waals surface area contributed by atoms with E-state index in [9.17, 15) is 0 Å². The van der Waals surface area contributed by atoms with E-state index in [2.05, 4.69) is 52.0 Å². The standard InChI is InChI=1S/C15H21N/c1-11(2)13(4)15-7-5-12(3)9-14(10-16)6-8-15/h5-9,11-13,15H,1-4H3/b7-5?,8-6-,14-9+/t12?,13-,15?/m0/s1. The molecule has 0 radical (unpaired) electrons. The van der Waals surface area contributed by atoms with Crippen LogP contribution in [-0.2, 0) is 0 Å². The van der Waals surface area contributed by atoms with Crippen LogP contribution < -0.4 is 0 Å². The molecular formula is C15H21N. The molecule has 1 aliphatic carbocycles. The van der Waals surface area contributed by atoms with Crippen LogP contribution in [0.5, 0.6) is 0 Å². The molecule has 1 heteroatoms. The lowest BCUT2D eigenvalue weighted by molar-refractivity contribution is 0.365. The Bertz CT molecular complexity index is 352. The Morgan fingerprint density at radius 2 is 1.88 bits per heavy atom. The monoisotopic (exact) mass is 215 g/mol. The summed E-state index contributed by atoms with van der Waals surface area (Å²) in [4.78, 5) is 0. The summed E-state index contributed by atoms with van der Waals surface area (Å²) >= 11 is 0. The molecule has 0 fully saturated rings. The summed E-state index contributed by atoms with van der Waals surface area (Å²) in [5.74, 6) is 2.06. The van der Waals surface area contributed by atoms with Gasteiger partial charge in [0.25, 0.3) is 0 Å². The van der Waals surface area contributed by atoms with E-state index in [4.69, 9.17) is 5.26 Å². The van der Waals surface area contributed by atoms with Crippen LogP contribution >= 0.6 is 0 Å². The molecule has 0 aromatic rings. The second-order valence-electron chi connectivity index (χ2n) is 5.02. The molecule has 0 aliphatic heterocycles.